The number of halogens is 1. The van der Waals surface area contributed by atoms with Gasteiger partial charge in [-0.15, -0.1) is 0 Å². The van der Waals surface area contributed by atoms with Crippen molar-refractivity contribution in [1.82, 2.24) is 0 Å². The first-order chi connectivity index (χ1) is 13.7. The Bertz CT molecular complexity index is 731. The van der Waals surface area contributed by atoms with Gasteiger partial charge in [0.25, 0.3) is 0 Å². The van der Waals surface area contributed by atoms with Crippen LogP contribution in [0.1, 0.15) is 45.4 Å². The van der Waals surface area contributed by atoms with Gasteiger partial charge in [-0.25, -0.2) is 0 Å². The molecular formula is C26H32IP. The van der Waals surface area contributed by atoms with Gasteiger partial charge in [0.05, 0.1) is 0 Å². The summed E-state index contributed by atoms with van der Waals surface area (Å²) in [5.41, 5.74) is 0. The van der Waals surface area contributed by atoms with Crippen molar-refractivity contribution in [3.8, 4) is 0 Å². The van der Waals surface area contributed by atoms with Crippen molar-refractivity contribution in [2.45, 2.75) is 45.4 Å². The van der Waals surface area contributed by atoms with Gasteiger partial charge in [-0.1, -0.05) is 0 Å². The molecule has 0 heterocycles. The number of rotatable bonds is 10. The first-order valence-corrected chi connectivity index (χ1v) is 15.8. The van der Waals surface area contributed by atoms with Crippen molar-refractivity contribution in [3.63, 3.8) is 0 Å². The van der Waals surface area contributed by atoms with Gasteiger partial charge in [-0.3, -0.25) is 0 Å². The van der Waals surface area contributed by atoms with Crippen LogP contribution in [0.4, 0.5) is 0 Å². The maximum absolute atomic E-state index is 2.90. The summed E-state index contributed by atoms with van der Waals surface area (Å²) in [6, 6.07) is 33.9. The molecule has 0 amide bonds. The van der Waals surface area contributed by atoms with E-state index >= 15 is 0 Å². The van der Waals surface area contributed by atoms with Crippen molar-refractivity contribution in [3.05, 3.63) is 91.0 Å². The Labute approximate surface area is 184 Å². The monoisotopic (exact) mass is 502 g/mol. The van der Waals surface area contributed by atoms with Gasteiger partial charge in [0.2, 0.25) is 0 Å². The van der Waals surface area contributed by atoms with E-state index in [1.165, 1.54) is 60.6 Å². The molecule has 0 nitrogen and oxygen atoms in total. The maximum atomic E-state index is 2.90. The SMILES string of the molecule is CCCCCCCCP(I)(c1ccccc1)(c1ccccc1)c1ccccc1. The first kappa shape index (κ1) is 21.5. The van der Waals surface area contributed by atoms with Crippen LogP contribution >= 0.6 is 26.3 Å². The van der Waals surface area contributed by atoms with Crippen molar-refractivity contribution in [2.75, 3.05) is 6.16 Å². The van der Waals surface area contributed by atoms with Crippen molar-refractivity contribution in [1.29, 1.82) is 0 Å². The molecule has 0 unspecified atom stereocenters. The number of hydrogen-bond acceptors (Lipinski definition) is 0. The third-order valence-electron chi connectivity index (χ3n) is 5.82. The van der Waals surface area contributed by atoms with Crippen molar-refractivity contribution in [2.24, 2.45) is 0 Å². The quantitative estimate of drug-likeness (QED) is 0.156. The molecule has 0 spiro atoms. The minimum absolute atomic E-state index is 1.23. The fraction of sp³-hybridized carbons (Fsp3) is 0.308. The van der Waals surface area contributed by atoms with Gasteiger partial charge < -0.3 is 0 Å². The molecule has 0 N–H and O–H groups in total. The average Bonchev–Trinajstić information content (AvgIpc) is 2.78. The molecule has 0 fully saturated rings. The van der Waals surface area contributed by atoms with Gasteiger partial charge in [0, 0.05) is 0 Å². The summed E-state index contributed by atoms with van der Waals surface area (Å²) in [7, 11) is 0. The van der Waals surface area contributed by atoms with Crippen LogP contribution in [0.25, 0.3) is 0 Å². The Morgan fingerprint density at radius 2 is 0.893 bits per heavy atom. The van der Waals surface area contributed by atoms with Crippen LogP contribution in [0.2, 0.25) is 0 Å². The van der Waals surface area contributed by atoms with E-state index in [4.69, 9.17) is 0 Å². The summed E-state index contributed by atoms with van der Waals surface area (Å²) in [5, 5.41) is 4.50. The van der Waals surface area contributed by atoms with E-state index in [-0.39, 0.29) is 0 Å². The first-order valence-electron chi connectivity index (χ1n) is 10.6. The summed E-state index contributed by atoms with van der Waals surface area (Å²) < 4.78 is -2.53. The Morgan fingerprint density at radius 1 is 0.536 bits per heavy atom. The van der Waals surface area contributed by atoms with Crippen LogP contribution < -0.4 is 15.9 Å². The normalized spacial score (nSPS) is 13.0. The molecular weight excluding hydrogens is 470 g/mol. The fourth-order valence-corrected chi connectivity index (χ4v) is 13.0. The molecule has 3 rings (SSSR count). The van der Waals surface area contributed by atoms with Crippen LogP contribution in [0.5, 0.6) is 0 Å². The summed E-state index contributed by atoms with van der Waals surface area (Å²) >= 11 is 2.90. The molecule has 148 valence electrons. The van der Waals surface area contributed by atoms with Crippen LogP contribution in [-0.2, 0) is 0 Å². The Morgan fingerprint density at radius 3 is 1.29 bits per heavy atom. The van der Waals surface area contributed by atoms with E-state index in [0.29, 0.717) is 0 Å². The summed E-state index contributed by atoms with van der Waals surface area (Å²) in [5.74, 6) is 0. The topological polar surface area (TPSA) is 0 Å². The summed E-state index contributed by atoms with van der Waals surface area (Å²) in [6.07, 6.45) is 9.24. The van der Waals surface area contributed by atoms with Crippen molar-refractivity contribution >= 4 is 42.2 Å². The summed E-state index contributed by atoms with van der Waals surface area (Å²) in [4.78, 5) is 0. The standard InChI is InChI=1S/C26H32IP/c1-2-3-4-5-6-16-23-28(27,24-17-10-7-11-18-24,25-19-12-8-13-20-25)26-21-14-9-15-22-26/h7-15,17-22H,2-6,16,23H2,1H3. The fourth-order valence-electron chi connectivity index (χ4n) is 4.24. The minimum atomic E-state index is -2.53. The number of hydrogen-bond donors (Lipinski definition) is 0. The molecule has 0 saturated heterocycles. The molecule has 0 bridgehead atoms. The number of unbranched alkanes of at least 4 members (excludes halogenated alkanes) is 5. The zero-order valence-electron chi connectivity index (χ0n) is 16.9. The van der Waals surface area contributed by atoms with Gasteiger partial charge in [-0.2, -0.15) is 0 Å². The second kappa shape index (κ2) is 10.0. The van der Waals surface area contributed by atoms with Crippen molar-refractivity contribution < 1.29 is 0 Å². The predicted molar refractivity (Wildman–Crippen MR) is 137 cm³/mol. The molecule has 2 heteroatoms. The number of benzene rings is 3. The van der Waals surface area contributed by atoms with Crippen LogP contribution in [0.15, 0.2) is 91.0 Å². The average molecular weight is 502 g/mol. The van der Waals surface area contributed by atoms with E-state index in [0.717, 1.165) is 0 Å². The predicted octanol–water partition coefficient (Wildman–Crippen LogP) is 7.23. The molecule has 0 aliphatic heterocycles. The second-order valence-electron chi connectivity index (χ2n) is 7.68. The van der Waals surface area contributed by atoms with Gasteiger partial charge in [0.1, 0.15) is 0 Å². The summed E-state index contributed by atoms with van der Waals surface area (Å²) in [6.45, 7) is 2.29. The Hall–Kier alpha value is -1.18. The zero-order valence-corrected chi connectivity index (χ0v) is 20.0. The van der Waals surface area contributed by atoms with E-state index in [2.05, 4.69) is 120 Å². The third-order valence-corrected chi connectivity index (χ3v) is 17.6. The van der Waals surface area contributed by atoms with Crippen LogP contribution in [-0.4, -0.2) is 6.16 Å². The Balaban J connectivity index is 2.08. The molecule has 28 heavy (non-hydrogen) atoms. The zero-order chi connectivity index (χ0) is 19.7. The molecule has 0 radical (unpaired) electrons. The molecule has 0 aliphatic rings. The molecule has 0 atom stereocenters. The molecule has 0 aliphatic carbocycles. The second-order valence-corrected chi connectivity index (χ2v) is 18.4. The van der Waals surface area contributed by atoms with Crippen LogP contribution in [0, 0.1) is 0 Å². The van der Waals surface area contributed by atoms with E-state index in [1.54, 1.807) is 0 Å². The van der Waals surface area contributed by atoms with E-state index < -0.39 is 4.25 Å². The third kappa shape index (κ3) is 4.36. The van der Waals surface area contributed by atoms with E-state index in [1.807, 2.05) is 0 Å². The van der Waals surface area contributed by atoms with Gasteiger partial charge in [-0.05, 0) is 0 Å². The molecule has 3 aromatic carbocycles. The van der Waals surface area contributed by atoms with Crippen LogP contribution in [0.3, 0.4) is 0 Å². The molecule has 0 saturated carbocycles. The Kier molecular flexibility index (Phi) is 7.71. The van der Waals surface area contributed by atoms with Gasteiger partial charge in [0.15, 0.2) is 0 Å². The molecule has 3 aromatic rings. The van der Waals surface area contributed by atoms with E-state index in [9.17, 15) is 0 Å². The molecule has 0 aromatic heterocycles. The van der Waals surface area contributed by atoms with Gasteiger partial charge >= 0.3 is 185 Å².